The van der Waals surface area contributed by atoms with Crippen molar-refractivity contribution in [2.75, 3.05) is 0 Å². The second-order valence-electron chi connectivity index (χ2n) is 6.45. The van der Waals surface area contributed by atoms with E-state index >= 15 is 0 Å². The zero-order valence-electron chi connectivity index (χ0n) is 9.52. The van der Waals surface area contributed by atoms with E-state index in [4.69, 9.17) is 0 Å². The minimum absolute atomic E-state index is 0.117. The highest BCUT2D eigenvalue weighted by molar-refractivity contribution is 5.17. The molecule has 0 amide bonds. The highest BCUT2D eigenvalue weighted by Gasteiger charge is 2.68. The predicted octanol–water partition coefficient (Wildman–Crippen LogP) is 2.83. The number of hydrogen-bond donors (Lipinski definition) is 1. The smallest absolute Gasteiger partial charge is 0.0652 e. The maximum absolute atomic E-state index is 10.3. The molecule has 0 aromatic rings. The van der Waals surface area contributed by atoms with Gasteiger partial charge in [0.05, 0.1) is 6.10 Å². The van der Waals surface area contributed by atoms with Crippen LogP contribution in [0.1, 0.15) is 47.5 Å². The van der Waals surface area contributed by atoms with Crippen LogP contribution in [0, 0.1) is 22.2 Å². The van der Waals surface area contributed by atoms with E-state index in [-0.39, 0.29) is 16.9 Å². The molecule has 0 aromatic carbocycles. The number of hydrogen-bond acceptors (Lipinski definition) is 1. The standard InChI is InChI=1S/C12H22O/c1-10(2)8-6-7-12(5,9(10)13)11(8,3)4/h8-9,13H,6-7H2,1-5H3/t8-,9-,12+/m1/s1. The number of fused-ring (bicyclic) bond motifs is 2. The molecule has 1 nitrogen and oxygen atoms in total. The molecule has 2 rings (SSSR count). The zero-order chi connectivity index (χ0) is 10.1. The second kappa shape index (κ2) is 2.13. The second-order valence-corrected chi connectivity index (χ2v) is 6.45. The minimum Gasteiger partial charge on any atom is -0.392 e. The number of aliphatic hydroxyl groups excluding tert-OH is 1. The summed E-state index contributed by atoms with van der Waals surface area (Å²) in [5, 5.41) is 10.3. The lowest BCUT2D eigenvalue weighted by atomic mass is 9.69. The molecule has 0 unspecified atom stereocenters. The van der Waals surface area contributed by atoms with Crippen molar-refractivity contribution >= 4 is 0 Å². The average molecular weight is 182 g/mol. The molecule has 0 spiro atoms. The van der Waals surface area contributed by atoms with Crippen molar-refractivity contribution in [1.29, 1.82) is 0 Å². The normalized spacial score (nSPS) is 51.2. The van der Waals surface area contributed by atoms with Crippen LogP contribution in [0.25, 0.3) is 0 Å². The summed E-state index contributed by atoms with van der Waals surface area (Å²) in [6.07, 6.45) is 2.39. The van der Waals surface area contributed by atoms with Gasteiger partial charge in [-0.05, 0) is 35.0 Å². The van der Waals surface area contributed by atoms with Crippen LogP contribution in [0.4, 0.5) is 0 Å². The van der Waals surface area contributed by atoms with Crippen LogP contribution < -0.4 is 0 Å². The van der Waals surface area contributed by atoms with Crippen LogP contribution >= 0.6 is 0 Å². The molecule has 0 heterocycles. The first-order valence-corrected chi connectivity index (χ1v) is 5.42. The van der Waals surface area contributed by atoms with E-state index in [1.165, 1.54) is 12.8 Å². The first kappa shape index (κ1) is 9.51. The Morgan fingerprint density at radius 1 is 1.08 bits per heavy atom. The summed E-state index contributed by atoms with van der Waals surface area (Å²) in [5.74, 6) is 0.694. The fourth-order valence-corrected chi connectivity index (χ4v) is 4.33. The van der Waals surface area contributed by atoms with Gasteiger partial charge in [-0.1, -0.05) is 34.6 Å². The van der Waals surface area contributed by atoms with Crippen molar-refractivity contribution in [1.82, 2.24) is 0 Å². The van der Waals surface area contributed by atoms with E-state index in [1.807, 2.05) is 0 Å². The Morgan fingerprint density at radius 2 is 1.62 bits per heavy atom. The molecule has 1 N–H and O–H groups in total. The lowest BCUT2D eigenvalue weighted by Gasteiger charge is -2.39. The van der Waals surface area contributed by atoms with Crippen molar-refractivity contribution in [2.24, 2.45) is 22.2 Å². The maximum Gasteiger partial charge on any atom is 0.0652 e. The molecule has 76 valence electrons. The summed E-state index contributed by atoms with van der Waals surface area (Å²) in [4.78, 5) is 0. The SMILES string of the molecule is CC1(C)[C@H]2CC[C@@](C)([C@@H]1O)C2(C)C. The van der Waals surface area contributed by atoms with Gasteiger partial charge < -0.3 is 5.11 Å². The third-order valence-electron chi connectivity index (χ3n) is 5.50. The topological polar surface area (TPSA) is 20.2 Å². The predicted molar refractivity (Wildman–Crippen MR) is 54.4 cm³/mol. The Labute approximate surface area is 81.5 Å². The summed E-state index contributed by atoms with van der Waals surface area (Å²) >= 11 is 0. The minimum atomic E-state index is -0.117. The van der Waals surface area contributed by atoms with Crippen molar-refractivity contribution in [2.45, 2.75) is 53.6 Å². The van der Waals surface area contributed by atoms with Gasteiger partial charge in [0.25, 0.3) is 0 Å². The van der Waals surface area contributed by atoms with Gasteiger partial charge in [0, 0.05) is 0 Å². The molecule has 2 aliphatic carbocycles. The van der Waals surface area contributed by atoms with Crippen LogP contribution in [0.5, 0.6) is 0 Å². The Hall–Kier alpha value is -0.0400. The van der Waals surface area contributed by atoms with Gasteiger partial charge in [0.15, 0.2) is 0 Å². The van der Waals surface area contributed by atoms with Crippen molar-refractivity contribution in [3.05, 3.63) is 0 Å². The van der Waals surface area contributed by atoms with E-state index < -0.39 is 0 Å². The fraction of sp³-hybridized carbons (Fsp3) is 1.00. The third-order valence-corrected chi connectivity index (χ3v) is 5.50. The number of aliphatic hydroxyl groups is 1. The molecule has 13 heavy (non-hydrogen) atoms. The van der Waals surface area contributed by atoms with Gasteiger partial charge in [-0.15, -0.1) is 0 Å². The van der Waals surface area contributed by atoms with E-state index in [0.717, 1.165) is 0 Å². The fourth-order valence-electron chi connectivity index (χ4n) is 4.33. The molecular weight excluding hydrogens is 160 g/mol. The van der Waals surface area contributed by atoms with Crippen molar-refractivity contribution in [3.63, 3.8) is 0 Å². The van der Waals surface area contributed by atoms with Crippen LogP contribution in [-0.4, -0.2) is 11.2 Å². The van der Waals surface area contributed by atoms with Crippen molar-refractivity contribution < 1.29 is 5.11 Å². The van der Waals surface area contributed by atoms with E-state index in [2.05, 4.69) is 34.6 Å². The largest absolute Gasteiger partial charge is 0.392 e. The molecule has 2 fully saturated rings. The molecule has 2 aliphatic rings. The Kier molecular flexibility index (Phi) is 1.56. The Balaban J connectivity index is 2.51. The van der Waals surface area contributed by atoms with Crippen LogP contribution in [0.3, 0.4) is 0 Å². The summed E-state index contributed by atoms with van der Waals surface area (Å²) < 4.78 is 0. The lowest BCUT2D eigenvalue weighted by Crippen LogP contribution is -2.41. The molecule has 1 heteroatoms. The molecule has 2 bridgehead atoms. The summed E-state index contributed by atoms with van der Waals surface area (Å²) in [5.41, 5.74) is 0.591. The monoisotopic (exact) mass is 182 g/mol. The molecule has 0 aliphatic heterocycles. The van der Waals surface area contributed by atoms with Gasteiger partial charge in [-0.3, -0.25) is 0 Å². The highest BCUT2D eigenvalue weighted by Crippen LogP contribution is 2.71. The zero-order valence-corrected chi connectivity index (χ0v) is 9.52. The van der Waals surface area contributed by atoms with Gasteiger partial charge in [0.1, 0.15) is 0 Å². The van der Waals surface area contributed by atoms with Gasteiger partial charge in [-0.25, -0.2) is 0 Å². The lowest BCUT2D eigenvalue weighted by molar-refractivity contribution is -0.0421. The van der Waals surface area contributed by atoms with E-state index in [0.29, 0.717) is 11.3 Å². The summed E-state index contributed by atoms with van der Waals surface area (Å²) in [6, 6.07) is 0. The molecule has 2 saturated carbocycles. The van der Waals surface area contributed by atoms with Gasteiger partial charge in [0.2, 0.25) is 0 Å². The molecule has 0 radical (unpaired) electrons. The average Bonchev–Trinajstić information content (AvgIpc) is 2.26. The van der Waals surface area contributed by atoms with Crippen molar-refractivity contribution in [3.8, 4) is 0 Å². The van der Waals surface area contributed by atoms with Gasteiger partial charge >= 0.3 is 0 Å². The summed E-state index contributed by atoms with van der Waals surface area (Å²) in [7, 11) is 0. The highest BCUT2D eigenvalue weighted by atomic mass is 16.3. The van der Waals surface area contributed by atoms with Crippen LogP contribution in [0.15, 0.2) is 0 Å². The van der Waals surface area contributed by atoms with Crippen LogP contribution in [0.2, 0.25) is 0 Å². The molecule has 3 atom stereocenters. The first-order chi connectivity index (χ1) is 5.74. The summed E-state index contributed by atoms with van der Waals surface area (Å²) in [6.45, 7) is 11.4. The third kappa shape index (κ3) is 0.782. The van der Waals surface area contributed by atoms with E-state index in [1.54, 1.807) is 0 Å². The molecular formula is C12H22O. The van der Waals surface area contributed by atoms with Gasteiger partial charge in [-0.2, -0.15) is 0 Å². The maximum atomic E-state index is 10.3. The van der Waals surface area contributed by atoms with Crippen LogP contribution in [-0.2, 0) is 0 Å². The molecule has 0 aromatic heterocycles. The Morgan fingerprint density at radius 3 is 1.85 bits per heavy atom. The first-order valence-electron chi connectivity index (χ1n) is 5.42. The number of rotatable bonds is 0. The molecule has 0 saturated heterocycles. The Bertz CT molecular complexity index is 242. The quantitative estimate of drug-likeness (QED) is 0.611. The van der Waals surface area contributed by atoms with E-state index in [9.17, 15) is 5.11 Å².